The van der Waals surface area contributed by atoms with Crippen LogP contribution in [0.25, 0.3) is 17.0 Å². The Balaban J connectivity index is 1.40. The Hall–Kier alpha value is -3.52. The molecule has 182 valence electrons. The number of nitrogens with one attached hydrogen (secondary N) is 1. The quantitative estimate of drug-likeness (QED) is 0.368. The van der Waals surface area contributed by atoms with Crippen LogP contribution in [0, 0.1) is 5.82 Å². The maximum Gasteiger partial charge on any atom is 0.154 e. The summed E-state index contributed by atoms with van der Waals surface area (Å²) in [6.45, 7) is 9.13. The Labute approximate surface area is 205 Å². The number of benzene rings is 1. The van der Waals surface area contributed by atoms with Gasteiger partial charge in [-0.05, 0) is 67.9 Å². The van der Waals surface area contributed by atoms with E-state index in [1.165, 1.54) is 6.07 Å². The molecule has 0 radical (unpaired) electrons. The van der Waals surface area contributed by atoms with E-state index in [0.717, 1.165) is 79.8 Å². The van der Waals surface area contributed by atoms with Crippen molar-refractivity contribution in [2.45, 2.75) is 32.7 Å². The summed E-state index contributed by atoms with van der Waals surface area (Å²) in [5.41, 5.74) is 3.42. The molecule has 8 heteroatoms. The van der Waals surface area contributed by atoms with Crippen LogP contribution in [-0.2, 0) is 0 Å². The minimum Gasteiger partial charge on any atom is -0.369 e. The van der Waals surface area contributed by atoms with Crippen molar-refractivity contribution >= 4 is 17.3 Å². The first-order valence-corrected chi connectivity index (χ1v) is 12.5. The number of hydrogen-bond donors (Lipinski definition) is 1. The Morgan fingerprint density at radius 3 is 2.77 bits per heavy atom. The van der Waals surface area contributed by atoms with E-state index < -0.39 is 0 Å². The van der Waals surface area contributed by atoms with Crippen molar-refractivity contribution in [3.05, 3.63) is 72.2 Å². The summed E-state index contributed by atoms with van der Waals surface area (Å²) in [6.07, 6.45) is 3.84. The Morgan fingerprint density at radius 2 is 1.94 bits per heavy atom. The van der Waals surface area contributed by atoms with Crippen molar-refractivity contribution in [1.29, 1.82) is 0 Å². The highest BCUT2D eigenvalue weighted by Crippen LogP contribution is 2.35. The standard InChI is InChI=1S/C27H32FN7/c1-3-33(4-2)17-15-29-25-12-6-10-22(31-25)24-19-30-26-13-14-27(32-35(24)26)34-16-7-11-23(34)20-8-5-9-21(28)18-20/h5-6,8-10,12-14,18-19,23H,3-4,7,11,15-17H2,1-2H3,(H,29,31). The van der Waals surface area contributed by atoms with E-state index in [4.69, 9.17) is 10.1 Å². The highest BCUT2D eigenvalue weighted by Gasteiger charge is 2.28. The van der Waals surface area contributed by atoms with E-state index in [-0.39, 0.29) is 11.9 Å². The van der Waals surface area contributed by atoms with E-state index in [1.54, 1.807) is 12.1 Å². The SMILES string of the molecule is CCN(CC)CCNc1cccc(-c2cnc3ccc(N4CCCC4c4cccc(F)c4)nn23)n1. The van der Waals surface area contributed by atoms with Gasteiger partial charge in [0.15, 0.2) is 5.65 Å². The second kappa shape index (κ2) is 10.4. The fourth-order valence-corrected chi connectivity index (χ4v) is 4.85. The molecular weight excluding hydrogens is 441 g/mol. The first-order chi connectivity index (χ1) is 17.2. The van der Waals surface area contributed by atoms with Gasteiger partial charge in [-0.3, -0.25) is 0 Å². The van der Waals surface area contributed by atoms with Crippen molar-refractivity contribution in [3.63, 3.8) is 0 Å². The summed E-state index contributed by atoms with van der Waals surface area (Å²) in [5.74, 6) is 1.50. The van der Waals surface area contributed by atoms with Crippen LogP contribution in [0.2, 0.25) is 0 Å². The normalized spacial score (nSPS) is 15.9. The minimum atomic E-state index is -0.202. The summed E-state index contributed by atoms with van der Waals surface area (Å²) in [6, 6.07) is 17.0. The molecule has 1 aromatic carbocycles. The van der Waals surface area contributed by atoms with Gasteiger partial charge in [0.1, 0.15) is 23.1 Å². The molecule has 0 aliphatic carbocycles. The molecule has 3 aromatic heterocycles. The Bertz CT molecular complexity index is 1280. The lowest BCUT2D eigenvalue weighted by molar-refractivity contribution is 0.316. The van der Waals surface area contributed by atoms with E-state index >= 15 is 0 Å². The van der Waals surface area contributed by atoms with Gasteiger partial charge in [0.2, 0.25) is 0 Å². The van der Waals surface area contributed by atoms with Gasteiger partial charge in [-0.15, -0.1) is 5.10 Å². The van der Waals surface area contributed by atoms with Gasteiger partial charge in [0.25, 0.3) is 0 Å². The monoisotopic (exact) mass is 473 g/mol. The molecule has 4 heterocycles. The molecule has 0 saturated carbocycles. The molecule has 1 fully saturated rings. The van der Waals surface area contributed by atoms with Crippen molar-refractivity contribution in [2.24, 2.45) is 0 Å². The number of likely N-dealkylation sites (N-methyl/N-ethyl adjacent to an activating group) is 1. The maximum absolute atomic E-state index is 13.9. The van der Waals surface area contributed by atoms with E-state index in [1.807, 2.05) is 47.1 Å². The van der Waals surface area contributed by atoms with Crippen LogP contribution < -0.4 is 10.2 Å². The minimum absolute atomic E-state index is 0.110. The summed E-state index contributed by atoms with van der Waals surface area (Å²) in [5, 5.41) is 8.39. The molecule has 0 spiro atoms. The average molecular weight is 474 g/mol. The van der Waals surface area contributed by atoms with E-state index in [2.05, 4.69) is 33.9 Å². The van der Waals surface area contributed by atoms with Crippen LogP contribution >= 0.6 is 0 Å². The molecular formula is C27H32FN7. The third-order valence-corrected chi connectivity index (χ3v) is 6.77. The van der Waals surface area contributed by atoms with Crippen LogP contribution in [0.5, 0.6) is 0 Å². The van der Waals surface area contributed by atoms with Gasteiger partial charge in [-0.25, -0.2) is 18.9 Å². The van der Waals surface area contributed by atoms with E-state index in [0.29, 0.717) is 0 Å². The Morgan fingerprint density at radius 1 is 1.09 bits per heavy atom. The second-order valence-corrected chi connectivity index (χ2v) is 8.87. The zero-order valence-electron chi connectivity index (χ0n) is 20.4. The zero-order valence-corrected chi connectivity index (χ0v) is 20.4. The number of aromatic nitrogens is 4. The highest BCUT2D eigenvalue weighted by molar-refractivity contribution is 5.62. The number of fused-ring (bicyclic) bond motifs is 1. The van der Waals surface area contributed by atoms with Crippen LogP contribution in [0.1, 0.15) is 38.3 Å². The van der Waals surface area contributed by atoms with Crippen LogP contribution in [0.15, 0.2) is 60.8 Å². The molecule has 0 bridgehead atoms. The van der Waals surface area contributed by atoms with Crippen molar-refractivity contribution in [2.75, 3.05) is 42.9 Å². The maximum atomic E-state index is 13.9. The summed E-state index contributed by atoms with van der Waals surface area (Å²) in [4.78, 5) is 14.0. The largest absolute Gasteiger partial charge is 0.369 e. The second-order valence-electron chi connectivity index (χ2n) is 8.87. The number of anilines is 2. The van der Waals surface area contributed by atoms with Gasteiger partial charge in [-0.2, -0.15) is 0 Å². The van der Waals surface area contributed by atoms with Gasteiger partial charge in [-0.1, -0.05) is 32.0 Å². The number of imidazole rings is 1. The summed E-state index contributed by atoms with van der Waals surface area (Å²) < 4.78 is 15.7. The van der Waals surface area contributed by atoms with Gasteiger partial charge < -0.3 is 15.1 Å². The number of halogens is 1. The molecule has 7 nitrogen and oxygen atoms in total. The first-order valence-electron chi connectivity index (χ1n) is 12.5. The van der Waals surface area contributed by atoms with Crippen LogP contribution in [-0.4, -0.2) is 57.2 Å². The summed E-state index contributed by atoms with van der Waals surface area (Å²) >= 11 is 0. The predicted molar refractivity (Wildman–Crippen MR) is 138 cm³/mol. The molecule has 0 amide bonds. The first kappa shape index (κ1) is 23.2. The van der Waals surface area contributed by atoms with Gasteiger partial charge >= 0.3 is 0 Å². The van der Waals surface area contributed by atoms with Crippen molar-refractivity contribution < 1.29 is 4.39 Å². The lowest BCUT2D eigenvalue weighted by Crippen LogP contribution is -2.28. The molecule has 35 heavy (non-hydrogen) atoms. The average Bonchev–Trinajstić information content (AvgIpc) is 3.54. The number of nitrogens with zero attached hydrogens (tertiary/aromatic N) is 6. The lowest BCUT2D eigenvalue weighted by atomic mass is 10.0. The van der Waals surface area contributed by atoms with Gasteiger partial charge in [0, 0.05) is 19.6 Å². The number of pyridine rings is 1. The molecule has 1 saturated heterocycles. The molecule has 1 atom stereocenters. The smallest absolute Gasteiger partial charge is 0.154 e. The van der Waals surface area contributed by atoms with E-state index in [9.17, 15) is 4.39 Å². The predicted octanol–water partition coefficient (Wildman–Crippen LogP) is 5.03. The van der Waals surface area contributed by atoms with Crippen LogP contribution in [0.4, 0.5) is 16.0 Å². The molecule has 1 unspecified atom stereocenters. The fourth-order valence-electron chi connectivity index (χ4n) is 4.85. The fraction of sp³-hybridized carbons (Fsp3) is 0.370. The molecule has 1 aliphatic heterocycles. The van der Waals surface area contributed by atoms with Crippen molar-refractivity contribution in [3.8, 4) is 11.4 Å². The topological polar surface area (TPSA) is 61.6 Å². The lowest BCUT2D eigenvalue weighted by Gasteiger charge is -2.26. The molecule has 1 N–H and O–H groups in total. The third kappa shape index (κ3) is 4.98. The summed E-state index contributed by atoms with van der Waals surface area (Å²) in [7, 11) is 0. The van der Waals surface area contributed by atoms with Gasteiger partial charge in [0.05, 0.1) is 17.9 Å². The number of rotatable bonds is 9. The number of hydrogen-bond acceptors (Lipinski definition) is 6. The zero-order chi connectivity index (χ0) is 24.2. The highest BCUT2D eigenvalue weighted by atomic mass is 19.1. The van der Waals surface area contributed by atoms with Crippen molar-refractivity contribution in [1.82, 2.24) is 24.5 Å². The molecule has 5 rings (SSSR count). The molecule has 1 aliphatic rings. The third-order valence-electron chi connectivity index (χ3n) is 6.77. The van der Waals surface area contributed by atoms with Crippen LogP contribution in [0.3, 0.4) is 0 Å². The molecule has 4 aromatic rings. The Kier molecular flexibility index (Phi) is 6.90.